The summed E-state index contributed by atoms with van der Waals surface area (Å²) in [5, 5.41) is 1.09. The summed E-state index contributed by atoms with van der Waals surface area (Å²) in [6, 6.07) is 17.8. The number of rotatable bonds is 4. The summed E-state index contributed by atoms with van der Waals surface area (Å²) in [5.41, 5.74) is 1.95. The maximum Gasteiger partial charge on any atom is 0.230 e. The van der Waals surface area contributed by atoms with E-state index in [2.05, 4.69) is 4.98 Å². The van der Waals surface area contributed by atoms with E-state index in [1.54, 1.807) is 48.5 Å². The Morgan fingerprint density at radius 2 is 1.67 bits per heavy atom. The average Bonchev–Trinajstić information content (AvgIpc) is 2.57. The van der Waals surface area contributed by atoms with Crippen LogP contribution in [0, 0.1) is 0 Å². The molecule has 0 aliphatic rings. The van der Waals surface area contributed by atoms with Gasteiger partial charge in [0.25, 0.3) is 0 Å². The highest BCUT2D eigenvalue weighted by Crippen LogP contribution is 2.32. The third kappa shape index (κ3) is 3.58. The first kappa shape index (κ1) is 16.5. The molecule has 0 atom stereocenters. The zero-order chi connectivity index (χ0) is 17.1. The molecule has 0 saturated heterocycles. The maximum absolute atomic E-state index is 11.9. The Morgan fingerprint density at radius 1 is 0.958 bits per heavy atom. The number of carbonyl (C=O) groups is 1. The molecule has 0 radical (unpaired) electrons. The number of halogens is 2. The number of pyridine rings is 1. The molecule has 0 aliphatic heterocycles. The van der Waals surface area contributed by atoms with Crippen molar-refractivity contribution in [1.82, 2.24) is 4.98 Å². The summed E-state index contributed by atoms with van der Waals surface area (Å²) < 4.78 is 5.80. The fourth-order valence-electron chi connectivity index (χ4n) is 2.20. The zero-order valence-corrected chi connectivity index (χ0v) is 14.3. The molecule has 1 heterocycles. The summed E-state index contributed by atoms with van der Waals surface area (Å²) in [7, 11) is 0. The van der Waals surface area contributed by atoms with Gasteiger partial charge >= 0.3 is 0 Å². The summed E-state index contributed by atoms with van der Waals surface area (Å²) in [5.74, 6) is 0.540. The first-order valence-electron chi connectivity index (χ1n) is 7.25. The van der Waals surface area contributed by atoms with Crippen molar-refractivity contribution >= 4 is 29.0 Å². The fourth-order valence-corrected chi connectivity index (χ4v) is 2.50. The first-order chi connectivity index (χ1) is 11.5. The number of Topliss-reactive ketones (excluding diaryl/α,β-unsaturated/α-hetero) is 1. The summed E-state index contributed by atoms with van der Waals surface area (Å²) in [6.07, 6.45) is 0. The van der Waals surface area contributed by atoms with E-state index in [-0.39, 0.29) is 11.7 Å². The van der Waals surface area contributed by atoms with Gasteiger partial charge in [-0.15, -0.1) is 0 Å². The van der Waals surface area contributed by atoms with Crippen LogP contribution in [-0.2, 0) is 0 Å². The van der Waals surface area contributed by atoms with Gasteiger partial charge in [-0.1, -0.05) is 47.5 Å². The molecule has 0 spiro atoms. The molecule has 3 rings (SSSR count). The summed E-state index contributed by atoms with van der Waals surface area (Å²) in [4.78, 5) is 16.3. The lowest BCUT2D eigenvalue weighted by molar-refractivity contribution is 0.101. The first-order valence-corrected chi connectivity index (χ1v) is 8.00. The van der Waals surface area contributed by atoms with Gasteiger partial charge in [-0.25, -0.2) is 4.98 Å². The van der Waals surface area contributed by atoms with Crippen LogP contribution < -0.4 is 4.74 Å². The van der Waals surface area contributed by atoms with Crippen LogP contribution in [-0.4, -0.2) is 10.8 Å². The number of para-hydroxylation sites is 1. The van der Waals surface area contributed by atoms with Crippen molar-refractivity contribution in [3.63, 3.8) is 0 Å². The highest BCUT2D eigenvalue weighted by Gasteiger charge is 2.14. The molecule has 3 nitrogen and oxygen atoms in total. The van der Waals surface area contributed by atoms with E-state index in [4.69, 9.17) is 27.9 Å². The van der Waals surface area contributed by atoms with Crippen molar-refractivity contribution < 1.29 is 9.53 Å². The molecule has 2 aromatic carbocycles. The molecule has 0 N–H and O–H groups in total. The Kier molecular flexibility index (Phi) is 4.84. The van der Waals surface area contributed by atoms with Crippen LogP contribution in [0.25, 0.3) is 11.3 Å². The summed E-state index contributed by atoms with van der Waals surface area (Å²) >= 11 is 12.0. The number of carbonyl (C=O) groups excluding carboxylic acids is 1. The van der Waals surface area contributed by atoms with Crippen molar-refractivity contribution in [3.05, 3.63) is 76.3 Å². The minimum absolute atomic E-state index is 0.132. The average molecular weight is 358 g/mol. The van der Waals surface area contributed by atoms with Crippen molar-refractivity contribution in [3.8, 4) is 22.9 Å². The zero-order valence-electron chi connectivity index (χ0n) is 12.8. The molecule has 120 valence electrons. The predicted molar refractivity (Wildman–Crippen MR) is 96.2 cm³/mol. The van der Waals surface area contributed by atoms with Crippen molar-refractivity contribution in [2.24, 2.45) is 0 Å². The van der Waals surface area contributed by atoms with Crippen LogP contribution in [0.2, 0.25) is 10.0 Å². The molecule has 0 unspecified atom stereocenters. The van der Waals surface area contributed by atoms with Gasteiger partial charge in [0.2, 0.25) is 5.88 Å². The quantitative estimate of drug-likeness (QED) is 0.533. The van der Waals surface area contributed by atoms with Gasteiger partial charge in [-0.2, -0.15) is 0 Å². The molecule has 0 amide bonds. The van der Waals surface area contributed by atoms with Crippen LogP contribution in [0.3, 0.4) is 0 Å². The molecule has 1 aromatic heterocycles. The molecule has 3 aromatic rings. The lowest BCUT2D eigenvalue weighted by Crippen LogP contribution is -2.01. The van der Waals surface area contributed by atoms with E-state index in [0.29, 0.717) is 27.1 Å². The minimum Gasteiger partial charge on any atom is -0.437 e. The van der Waals surface area contributed by atoms with Crippen molar-refractivity contribution in [1.29, 1.82) is 0 Å². The smallest absolute Gasteiger partial charge is 0.230 e. The largest absolute Gasteiger partial charge is 0.437 e. The highest BCUT2D eigenvalue weighted by molar-refractivity contribution is 6.32. The second-order valence-electron chi connectivity index (χ2n) is 5.14. The van der Waals surface area contributed by atoms with Gasteiger partial charge in [-0.05, 0) is 43.3 Å². The van der Waals surface area contributed by atoms with E-state index in [0.717, 1.165) is 5.56 Å². The van der Waals surface area contributed by atoms with Gasteiger partial charge in [0.15, 0.2) is 5.78 Å². The standard InChI is InChI=1S/C19H13Cl2NO2/c1-12(23)15-10-11-17(13-6-8-14(20)9-7-13)22-19(15)24-18-5-3-2-4-16(18)21/h2-11H,1H3. The monoisotopic (exact) mass is 357 g/mol. The number of hydrogen-bond acceptors (Lipinski definition) is 3. The molecule has 24 heavy (non-hydrogen) atoms. The molecule has 0 bridgehead atoms. The molecule has 0 fully saturated rings. The molecule has 0 saturated carbocycles. The molecule has 5 heteroatoms. The predicted octanol–water partition coefficient (Wildman–Crippen LogP) is 6.05. The number of hydrogen-bond donors (Lipinski definition) is 0. The van der Waals surface area contributed by atoms with E-state index in [9.17, 15) is 4.79 Å². The molecular weight excluding hydrogens is 345 g/mol. The number of nitrogens with zero attached hydrogens (tertiary/aromatic N) is 1. The second kappa shape index (κ2) is 7.04. The van der Waals surface area contributed by atoms with Crippen LogP contribution in [0.1, 0.15) is 17.3 Å². The Morgan fingerprint density at radius 3 is 2.33 bits per heavy atom. The van der Waals surface area contributed by atoms with Crippen LogP contribution in [0.5, 0.6) is 11.6 Å². The van der Waals surface area contributed by atoms with E-state index >= 15 is 0 Å². The maximum atomic E-state index is 11.9. The Hall–Kier alpha value is -2.36. The van der Waals surface area contributed by atoms with Crippen LogP contribution >= 0.6 is 23.2 Å². The van der Waals surface area contributed by atoms with Crippen LogP contribution in [0.15, 0.2) is 60.7 Å². The number of ketones is 1. The molecule has 0 aliphatic carbocycles. The van der Waals surface area contributed by atoms with Crippen molar-refractivity contribution in [2.45, 2.75) is 6.92 Å². The Bertz CT molecular complexity index is 892. The number of aromatic nitrogens is 1. The van der Waals surface area contributed by atoms with Crippen LogP contribution in [0.4, 0.5) is 0 Å². The number of benzene rings is 2. The van der Waals surface area contributed by atoms with Gasteiger partial charge < -0.3 is 4.74 Å². The minimum atomic E-state index is -0.132. The highest BCUT2D eigenvalue weighted by atomic mass is 35.5. The van der Waals surface area contributed by atoms with Gasteiger partial charge in [0.05, 0.1) is 16.3 Å². The Labute approximate surface area is 149 Å². The summed E-state index contributed by atoms with van der Waals surface area (Å²) in [6.45, 7) is 1.47. The third-order valence-corrected chi connectivity index (χ3v) is 3.99. The van der Waals surface area contributed by atoms with Gasteiger partial charge in [0.1, 0.15) is 5.75 Å². The fraction of sp³-hybridized carbons (Fsp3) is 0.0526. The van der Waals surface area contributed by atoms with E-state index < -0.39 is 0 Å². The SMILES string of the molecule is CC(=O)c1ccc(-c2ccc(Cl)cc2)nc1Oc1ccccc1Cl. The Balaban J connectivity index is 2.05. The third-order valence-electron chi connectivity index (χ3n) is 3.42. The lowest BCUT2D eigenvalue weighted by atomic mass is 10.1. The van der Waals surface area contributed by atoms with Gasteiger partial charge in [0, 0.05) is 10.6 Å². The topological polar surface area (TPSA) is 39.2 Å². The normalized spacial score (nSPS) is 10.5. The number of ether oxygens (including phenoxy) is 1. The second-order valence-corrected chi connectivity index (χ2v) is 5.99. The van der Waals surface area contributed by atoms with E-state index in [1.165, 1.54) is 6.92 Å². The molecular formula is C19H13Cl2NO2. The van der Waals surface area contributed by atoms with E-state index in [1.807, 2.05) is 12.1 Å². The van der Waals surface area contributed by atoms with Gasteiger partial charge in [-0.3, -0.25) is 4.79 Å². The lowest BCUT2D eigenvalue weighted by Gasteiger charge is -2.11. The van der Waals surface area contributed by atoms with Crippen molar-refractivity contribution in [2.75, 3.05) is 0 Å².